The second-order valence-corrected chi connectivity index (χ2v) is 5.03. The Kier molecular flexibility index (Phi) is 4.03. The van der Waals surface area contributed by atoms with Crippen LogP contribution in [0.15, 0.2) is 42.7 Å². The second-order valence-electron chi connectivity index (χ2n) is 5.03. The summed E-state index contributed by atoms with van der Waals surface area (Å²) in [5.74, 6) is -2.42. The van der Waals surface area contributed by atoms with Crippen LogP contribution in [-0.4, -0.2) is 27.5 Å². The zero-order valence-electron chi connectivity index (χ0n) is 11.9. The molecule has 0 aliphatic carbocycles. The van der Waals surface area contributed by atoms with Crippen LogP contribution >= 0.6 is 0 Å². The third-order valence-electron chi connectivity index (χ3n) is 3.47. The predicted molar refractivity (Wildman–Crippen MR) is 79.7 cm³/mol. The number of aliphatic hydroxyl groups excluding tert-OH is 1. The van der Waals surface area contributed by atoms with E-state index in [1.54, 1.807) is 18.2 Å². The highest BCUT2D eigenvalue weighted by Crippen LogP contribution is 2.16. The van der Waals surface area contributed by atoms with Crippen LogP contribution in [0, 0.1) is 11.6 Å². The molecule has 5 nitrogen and oxygen atoms in total. The molecular weight excluding hydrogens is 304 g/mol. The Labute approximate surface area is 130 Å². The number of nitrogens with zero attached hydrogens (tertiary/aromatic N) is 1. The number of aliphatic hydroxyl groups is 1. The zero-order valence-corrected chi connectivity index (χ0v) is 11.9. The van der Waals surface area contributed by atoms with E-state index in [-0.39, 0.29) is 18.0 Å². The fraction of sp³-hybridized carbons (Fsp3) is 0.125. The second kappa shape index (κ2) is 6.13. The van der Waals surface area contributed by atoms with E-state index in [1.807, 2.05) is 0 Å². The first kappa shape index (κ1) is 15.1. The molecule has 0 bridgehead atoms. The fourth-order valence-electron chi connectivity index (χ4n) is 2.21. The van der Waals surface area contributed by atoms with Crippen molar-refractivity contribution in [1.29, 1.82) is 0 Å². The fourth-order valence-corrected chi connectivity index (χ4v) is 2.21. The maximum Gasteiger partial charge on any atom is 0.251 e. The van der Waals surface area contributed by atoms with Gasteiger partial charge in [-0.3, -0.25) is 4.79 Å². The lowest BCUT2D eigenvalue weighted by Crippen LogP contribution is -2.28. The van der Waals surface area contributed by atoms with Crippen LogP contribution in [0.25, 0.3) is 11.0 Å². The monoisotopic (exact) mass is 317 g/mol. The Bertz CT molecular complexity index is 863. The van der Waals surface area contributed by atoms with Crippen molar-refractivity contribution < 1.29 is 18.7 Å². The first-order chi connectivity index (χ1) is 11.0. The van der Waals surface area contributed by atoms with Gasteiger partial charge >= 0.3 is 0 Å². The van der Waals surface area contributed by atoms with E-state index in [4.69, 9.17) is 0 Å². The highest BCUT2D eigenvalue weighted by atomic mass is 19.2. The molecule has 3 aromatic rings. The number of halogens is 2. The summed E-state index contributed by atoms with van der Waals surface area (Å²) in [4.78, 5) is 19.0. The smallest absolute Gasteiger partial charge is 0.251 e. The highest BCUT2D eigenvalue weighted by Gasteiger charge is 2.13. The minimum atomic E-state index is -1.13. The molecule has 3 rings (SSSR count). The minimum Gasteiger partial charge on any atom is -0.387 e. The van der Waals surface area contributed by atoms with Gasteiger partial charge in [0.2, 0.25) is 0 Å². The van der Waals surface area contributed by atoms with Gasteiger partial charge in [0.1, 0.15) is 0 Å². The summed E-state index contributed by atoms with van der Waals surface area (Å²) < 4.78 is 26.0. The lowest BCUT2D eigenvalue weighted by molar-refractivity contribution is 0.0916. The van der Waals surface area contributed by atoms with Crippen molar-refractivity contribution in [2.75, 3.05) is 6.54 Å². The average Bonchev–Trinajstić information content (AvgIpc) is 3.02. The standard InChI is InChI=1S/C16H13F2N3O2/c17-11-3-1-9(5-12(11)18)15(22)7-19-16(23)10-2-4-13-14(6-10)21-8-20-13/h1-6,8,15,22H,7H2,(H,19,23)(H,20,21). The highest BCUT2D eigenvalue weighted by molar-refractivity contribution is 5.97. The van der Waals surface area contributed by atoms with E-state index >= 15 is 0 Å². The van der Waals surface area contributed by atoms with Gasteiger partial charge in [-0.25, -0.2) is 13.8 Å². The number of rotatable bonds is 4. The molecule has 0 radical (unpaired) electrons. The number of benzene rings is 2. The van der Waals surface area contributed by atoms with Gasteiger partial charge in [0.05, 0.1) is 23.5 Å². The van der Waals surface area contributed by atoms with Crippen LogP contribution in [-0.2, 0) is 0 Å². The maximum absolute atomic E-state index is 13.1. The number of hydrogen-bond acceptors (Lipinski definition) is 3. The summed E-state index contributed by atoms with van der Waals surface area (Å²) in [5.41, 5.74) is 2.05. The Balaban J connectivity index is 1.66. The van der Waals surface area contributed by atoms with Gasteiger partial charge in [-0.2, -0.15) is 0 Å². The number of carbonyl (C=O) groups is 1. The molecule has 23 heavy (non-hydrogen) atoms. The molecular formula is C16H13F2N3O2. The van der Waals surface area contributed by atoms with Crippen LogP contribution in [0.1, 0.15) is 22.0 Å². The van der Waals surface area contributed by atoms with Crippen molar-refractivity contribution in [3.8, 4) is 0 Å². The maximum atomic E-state index is 13.1. The van der Waals surface area contributed by atoms with E-state index in [2.05, 4.69) is 15.3 Å². The lowest BCUT2D eigenvalue weighted by atomic mass is 10.1. The Morgan fingerprint density at radius 3 is 2.83 bits per heavy atom. The first-order valence-corrected chi connectivity index (χ1v) is 6.89. The number of H-pyrrole nitrogens is 1. The van der Waals surface area contributed by atoms with Gasteiger partial charge in [0, 0.05) is 12.1 Å². The summed E-state index contributed by atoms with van der Waals surface area (Å²) in [6.45, 7) is -0.120. The van der Waals surface area contributed by atoms with Crippen molar-refractivity contribution in [1.82, 2.24) is 15.3 Å². The number of nitrogens with one attached hydrogen (secondary N) is 2. The van der Waals surface area contributed by atoms with Gasteiger partial charge in [-0.1, -0.05) is 6.07 Å². The molecule has 1 unspecified atom stereocenters. The van der Waals surface area contributed by atoms with Crippen LogP contribution in [0.2, 0.25) is 0 Å². The van der Waals surface area contributed by atoms with Crippen molar-refractivity contribution >= 4 is 16.9 Å². The van der Waals surface area contributed by atoms with E-state index in [0.717, 1.165) is 23.2 Å². The number of amides is 1. The first-order valence-electron chi connectivity index (χ1n) is 6.89. The molecule has 2 aromatic carbocycles. The molecule has 0 aliphatic heterocycles. The number of imidazole rings is 1. The molecule has 0 spiro atoms. The Hall–Kier alpha value is -2.80. The van der Waals surface area contributed by atoms with Gasteiger partial charge in [0.25, 0.3) is 5.91 Å². The normalized spacial score (nSPS) is 12.3. The number of hydrogen-bond donors (Lipinski definition) is 3. The summed E-state index contributed by atoms with van der Waals surface area (Å²) in [5, 5.41) is 12.5. The van der Waals surface area contributed by atoms with E-state index in [0.29, 0.717) is 5.56 Å². The van der Waals surface area contributed by atoms with Crippen molar-refractivity contribution in [3.63, 3.8) is 0 Å². The number of aromatic amines is 1. The van der Waals surface area contributed by atoms with Crippen LogP contribution < -0.4 is 5.32 Å². The number of fused-ring (bicyclic) bond motifs is 1. The van der Waals surface area contributed by atoms with Gasteiger partial charge in [-0.15, -0.1) is 0 Å². The molecule has 0 aliphatic rings. The third-order valence-corrected chi connectivity index (χ3v) is 3.47. The zero-order chi connectivity index (χ0) is 16.4. The molecule has 1 aromatic heterocycles. The SMILES string of the molecule is O=C(NCC(O)c1ccc(F)c(F)c1)c1ccc2nc[nH]c2c1. The molecule has 118 valence electrons. The number of carbonyl (C=O) groups excluding carboxylic acids is 1. The van der Waals surface area contributed by atoms with Crippen LogP contribution in [0.4, 0.5) is 8.78 Å². The Morgan fingerprint density at radius 1 is 1.22 bits per heavy atom. The molecule has 0 saturated heterocycles. The number of aromatic nitrogens is 2. The van der Waals surface area contributed by atoms with Crippen LogP contribution in [0.5, 0.6) is 0 Å². The van der Waals surface area contributed by atoms with Crippen molar-refractivity contribution in [2.24, 2.45) is 0 Å². The molecule has 1 amide bonds. The minimum absolute atomic E-state index is 0.120. The van der Waals surface area contributed by atoms with E-state index in [9.17, 15) is 18.7 Å². The summed E-state index contributed by atoms with van der Waals surface area (Å²) in [6.07, 6.45) is 0.393. The Morgan fingerprint density at radius 2 is 2.04 bits per heavy atom. The van der Waals surface area contributed by atoms with Crippen LogP contribution in [0.3, 0.4) is 0 Å². The van der Waals surface area contributed by atoms with Gasteiger partial charge < -0.3 is 15.4 Å². The summed E-state index contributed by atoms with van der Waals surface area (Å²) >= 11 is 0. The lowest BCUT2D eigenvalue weighted by Gasteiger charge is -2.12. The largest absolute Gasteiger partial charge is 0.387 e. The van der Waals surface area contributed by atoms with Crippen molar-refractivity contribution in [2.45, 2.75) is 6.10 Å². The van der Waals surface area contributed by atoms with E-state index in [1.165, 1.54) is 12.4 Å². The van der Waals surface area contributed by atoms with Gasteiger partial charge in [0.15, 0.2) is 11.6 Å². The average molecular weight is 317 g/mol. The molecule has 0 saturated carbocycles. The van der Waals surface area contributed by atoms with Gasteiger partial charge in [-0.05, 0) is 35.9 Å². The van der Waals surface area contributed by atoms with Crippen molar-refractivity contribution in [3.05, 3.63) is 65.5 Å². The topological polar surface area (TPSA) is 78.0 Å². The molecule has 1 heterocycles. The third kappa shape index (κ3) is 3.19. The molecule has 7 heteroatoms. The molecule has 0 fully saturated rings. The molecule has 1 atom stereocenters. The molecule has 3 N–H and O–H groups in total. The summed E-state index contributed by atoms with van der Waals surface area (Å²) in [7, 11) is 0. The van der Waals surface area contributed by atoms with E-state index < -0.39 is 17.7 Å². The summed E-state index contributed by atoms with van der Waals surface area (Å²) in [6, 6.07) is 8.06. The quantitative estimate of drug-likeness (QED) is 0.691. The predicted octanol–water partition coefficient (Wildman–Crippen LogP) is 2.30.